The molecule has 1 atom stereocenters. The highest BCUT2D eigenvalue weighted by Gasteiger charge is 2.15. The molecule has 0 radical (unpaired) electrons. The van der Waals surface area contributed by atoms with E-state index in [2.05, 4.69) is 22.3 Å². The summed E-state index contributed by atoms with van der Waals surface area (Å²) < 4.78 is 15.6. The lowest BCUT2D eigenvalue weighted by molar-refractivity contribution is 0.514. The Hall–Kier alpha value is -1.75. The number of hydrogen-bond acceptors (Lipinski definition) is 3. The van der Waals surface area contributed by atoms with Crippen LogP contribution >= 0.6 is 0 Å². The summed E-state index contributed by atoms with van der Waals surface area (Å²) in [5, 5.41) is 7.45. The number of rotatable bonds is 6. The van der Waals surface area contributed by atoms with Gasteiger partial charge >= 0.3 is 0 Å². The predicted molar refractivity (Wildman–Crippen MR) is 77.0 cm³/mol. The van der Waals surface area contributed by atoms with Gasteiger partial charge in [-0.05, 0) is 37.6 Å². The lowest BCUT2D eigenvalue weighted by Crippen LogP contribution is -2.21. The highest BCUT2D eigenvalue weighted by molar-refractivity contribution is 5.26. The molecule has 0 saturated heterocycles. The van der Waals surface area contributed by atoms with E-state index < -0.39 is 0 Å². The van der Waals surface area contributed by atoms with Crippen molar-refractivity contribution in [1.82, 2.24) is 20.1 Å². The Morgan fingerprint density at radius 1 is 1.40 bits per heavy atom. The molecule has 0 amide bonds. The second-order valence-corrected chi connectivity index (χ2v) is 4.95. The maximum absolute atomic E-state index is 13.7. The third kappa shape index (κ3) is 3.22. The van der Waals surface area contributed by atoms with E-state index in [1.807, 2.05) is 23.9 Å². The summed E-state index contributed by atoms with van der Waals surface area (Å²) in [7, 11) is 1.88. The van der Waals surface area contributed by atoms with Gasteiger partial charge in [0.25, 0.3) is 0 Å². The van der Waals surface area contributed by atoms with E-state index in [0.717, 1.165) is 24.4 Å². The number of aryl methyl sites for hydroxylation is 2. The topological polar surface area (TPSA) is 42.7 Å². The van der Waals surface area contributed by atoms with Gasteiger partial charge in [-0.15, -0.1) is 0 Å². The average Bonchev–Trinajstić information content (AvgIpc) is 2.87. The summed E-state index contributed by atoms with van der Waals surface area (Å²) in [6, 6.07) is 5.40. The van der Waals surface area contributed by atoms with Crippen LogP contribution in [-0.4, -0.2) is 21.8 Å². The third-order valence-corrected chi connectivity index (χ3v) is 3.46. The maximum atomic E-state index is 13.7. The van der Waals surface area contributed by atoms with Crippen molar-refractivity contribution in [1.29, 1.82) is 0 Å². The minimum absolute atomic E-state index is 0.0323. The predicted octanol–water partition coefficient (Wildman–Crippen LogP) is 2.64. The fraction of sp³-hybridized carbons (Fsp3) is 0.467. The number of halogens is 1. The molecule has 0 saturated carbocycles. The largest absolute Gasteiger partial charge is 0.313 e. The van der Waals surface area contributed by atoms with Crippen LogP contribution in [0, 0.1) is 12.7 Å². The molecule has 5 heteroatoms. The molecule has 4 nitrogen and oxygen atoms in total. The molecule has 108 valence electrons. The molecule has 0 aliphatic carbocycles. The Labute approximate surface area is 119 Å². The quantitative estimate of drug-likeness (QED) is 0.882. The highest BCUT2D eigenvalue weighted by Crippen LogP contribution is 2.19. The molecule has 0 bridgehead atoms. The molecule has 1 unspecified atom stereocenters. The molecule has 1 N–H and O–H groups in total. The van der Waals surface area contributed by atoms with E-state index in [-0.39, 0.29) is 11.9 Å². The summed E-state index contributed by atoms with van der Waals surface area (Å²) in [6.45, 7) is 4.73. The fourth-order valence-corrected chi connectivity index (χ4v) is 2.24. The Balaban J connectivity index is 2.19. The fourth-order valence-electron chi connectivity index (χ4n) is 2.24. The lowest BCUT2D eigenvalue weighted by atomic mass is 10.0. The minimum Gasteiger partial charge on any atom is -0.313 e. The first-order valence-electron chi connectivity index (χ1n) is 6.95. The second kappa shape index (κ2) is 6.61. The van der Waals surface area contributed by atoms with Crippen LogP contribution in [0.1, 0.15) is 36.3 Å². The van der Waals surface area contributed by atoms with Gasteiger partial charge in [-0.2, -0.15) is 5.10 Å². The third-order valence-electron chi connectivity index (χ3n) is 3.46. The SMILES string of the molecule is CCCn1ncnc1CC(NC)c1ccc(C)c(F)c1. The number of aromatic nitrogens is 3. The van der Waals surface area contributed by atoms with Gasteiger partial charge < -0.3 is 5.32 Å². The van der Waals surface area contributed by atoms with Gasteiger partial charge in [0.05, 0.1) is 0 Å². The zero-order valence-corrected chi connectivity index (χ0v) is 12.2. The van der Waals surface area contributed by atoms with E-state index >= 15 is 0 Å². The van der Waals surface area contributed by atoms with E-state index in [9.17, 15) is 4.39 Å². The number of hydrogen-bond donors (Lipinski definition) is 1. The Morgan fingerprint density at radius 2 is 2.20 bits per heavy atom. The number of nitrogens with one attached hydrogen (secondary N) is 1. The van der Waals surface area contributed by atoms with Crippen LogP contribution in [0.3, 0.4) is 0 Å². The van der Waals surface area contributed by atoms with Crippen molar-refractivity contribution in [3.05, 3.63) is 47.3 Å². The van der Waals surface area contributed by atoms with Crippen LogP contribution < -0.4 is 5.32 Å². The lowest BCUT2D eigenvalue weighted by Gasteiger charge is -2.17. The summed E-state index contributed by atoms with van der Waals surface area (Å²) >= 11 is 0. The van der Waals surface area contributed by atoms with Crippen LogP contribution in [-0.2, 0) is 13.0 Å². The first kappa shape index (κ1) is 14.7. The van der Waals surface area contributed by atoms with Crippen molar-refractivity contribution in [3.8, 4) is 0 Å². The molecule has 0 fully saturated rings. The van der Waals surface area contributed by atoms with Crippen LogP contribution in [0.2, 0.25) is 0 Å². The zero-order valence-electron chi connectivity index (χ0n) is 12.2. The Kier molecular flexibility index (Phi) is 4.84. The van der Waals surface area contributed by atoms with Gasteiger partial charge in [-0.3, -0.25) is 4.68 Å². The molecule has 20 heavy (non-hydrogen) atoms. The molecule has 1 heterocycles. The molecule has 1 aromatic carbocycles. The van der Waals surface area contributed by atoms with Gasteiger partial charge in [0.1, 0.15) is 18.0 Å². The van der Waals surface area contributed by atoms with E-state index in [1.54, 1.807) is 19.3 Å². The molecule has 0 aliphatic rings. The average molecular weight is 276 g/mol. The molecule has 2 aromatic rings. The number of benzene rings is 1. The number of nitrogens with zero attached hydrogens (tertiary/aromatic N) is 3. The molecule has 2 rings (SSSR count). The summed E-state index contributed by atoms with van der Waals surface area (Å²) in [5.74, 6) is 0.755. The summed E-state index contributed by atoms with van der Waals surface area (Å²) in [6.07, 6.45) is 3.28. The number of likely N-dealkylation sites (N-methyl/N-ethyl adjacent to an activating group) is 1. The minimum atomic E-state index is -0.169. The smallest absolute Gasteiger partial charge is 0.138 e. The molecule has 1 aromatic heterocycles. The normalized spacial score (nSPS) is 12.6. The summed E-state index contributed by atoms with van der Waals surface area (Å²) in [5.41, 5.74) is 1.60. The van der Waals surface area contributed by atoms with Gasteiger partial charge in [0.2, 0.25) is 0 Å². The van der Waals surface area contributed by atoms with Crippen LogP contribution in [0.5, 0.6) is 0 Å². The van der Waals surface area contributed by atoms with Crippen molar-refractivity contribution in [2.45, 2.75) is 39.3 Å². The van der Waals surface area contributed by atoms with Gasteiger partial charge in [0.15, 0.2) is 0 Å². The molecular weight excluding hydrogens is 255 g/mol. The van der Waals surface area contributed by atoms with E-state index in [1.165, 1.54) is 0 Å². The van der Waals surface area contributed by atoms with Gasteiger partial charge in [-0.25, -0.2) is 9.37 Å². The van der Waals surface area contributed by atoms with Crippen molar-refractivity contribution in [2.24, 2.45) is 0 Å². The Morgan fingerprint density at radius 3 is 2.85 bits per heavy atom. The van der Waals surface area contributed by atoms with E-state index in [0.29, 0.717) is 12.0 Å². The molecule has 0 spiro atoms. The highest BCUT2D eigenvalue weighted by atomic mass is 19.1. The van der Waals surface area contributed by atoms with Crippen molar-refractivity contribution in [3.63, 3.8) is 0 Å². The first-order valence-corrected chi connectivity index (χ1v) is 6.95. The van der Waals surface area contributed by atoms with Crippen LogP contribution in [0.15, 0.2) is 24.5 Å². The summed E-state index contributed by atoms with van der Waals surface area (Å²) in [4.78, 5) is 4.31. The first-order chi connectivity index (χ1) is 9.65. The van der Waals surface area contributed by atoms with Gasteiger partial charge in [0, 0.05) is 19.0 Å². The second-order valence-electron chi connectivity index (χ2n) is 4.95. The maximum Gasteiger partial charge on any atom is 0.138 e. The zero-order chi connectivity index (χ0) is 14.5. The van der Waals surface area contributed by atoms with Crippen molar-refractivity contribution < 1.29 is 4.39 Å². The monoisotopic (exact) mass is 276 g/mol. The van der Waals surface area contributed by atoms with Crippen LogP contribution in [0.25, 0.3) is 0 Å². The van der Waals surface area contributed by atoms with Crippen molar-refractivity contribution in [2.75, 3.05) is 7.05 Å². The van der Waals surface area contributed by atoms with Crippen LogP contribution in [0.4, 0.5) is 4.39 Å². The standard InChI is InChI=1S/C15H21FN4/c1-4-7-20-15(18-10-19-20)9-14(17-3)12-6-5-11(2)13(16)8-12/h5-6,8,10,14,17H,4,7,9H2,1-3H3. The van der Waals surface area contributed by atoms with Gasteiger partial charge in [-0.1, -0.05) is 19.1 Å². The molecular formula is C15H21FN4. The van der Waals surface area contributed by atoms with E-state index in [4.69, 9.17) is 0 Å². The van der Waals surface area contributed by atoms with Crippen molar-refractivity contribution >= 4 is 0 Å². The molecule has 0 aliphatic heterocycles. The Bertz CT molecular complexity index is 565.